The number of hydrogen-bond acceptors (Lipinski definition) is 5. The molecule has 0 aromatic heterocycles. The molecule has 0 aliphatic rings. The number of ether oxygens (including phenoxy) is 1. The van der Waals surface area contributed by atoms with Crippen LogP contribution in [0.1, 0.15) is 153 Å². The van der Waals surface area contributed by atoms with E-state index in [1.54, 1.807) is 0 Å². The first-order valence-electron chi connectivity index (χ1n) is 17.0. The third-order valence-corrected chi connectivity index (χ3v) is 8.49. The van der Waals surface area contributed by atoms with Crippen LogP contribution < -0.4 is 27.7 Å². The van der Waals surface area contributed by atoms with E-state index in [4.69, 9.17) is 27.7 Å². The van der Waals surface area contributed by atoms with Crippen molar-refractivity contribution >= 4 is 22.7 Å². The van der Waals surface area contributed by atoms with Gasteiger partial charge in [-0.05, 0) is 49.9 Å². The standard InChI is InChI=1S/C36H62N4O/c1-3-5-7-9-11-13-15-17-19-21-23-29-31(37)25-27-33(35(29)39)41-34-28-26-32(38)30(36(34)40)24-22-20-18-16-14-12-10-8-6-4-2/h25-28H,3-24,37-40H2,1-2H3. The van der Waals surface area contributed by atoms with E-state index in [1.165, 1.54) is 116 Å². The van der Waals surface area contributed by atoms with Crippen molar-refractivity contribution in [2.24, 2.45) is 0 Å². The Kier molecular flexibility index (Phi) is 17.9. The van der Waals surface area contributed by atoms with E-state index in [0.717, 1.165) is 48.2 Å². The van der Waals surface area contributed by atoms with Gasteiger partial charge in [-0.1, -0.05) is 129 Å². The molecule has 0 radical (unpaired) electrons. The predicted molar refractivity (Wildman–Crippen MR) is 182 cm³/mol. The van der Waals surface area contributed by atoms with E-state index in [2.05, 4.69) is 13.8 Å². The van der Waals surface area contributed by atoms with Crippen molar-refractivity contribution in [3.8, 4) is 11.5 Å². The van der Waals surface area contributed by atoms with E-state index < -0.39 is 0 Å². The van der Waals surface area contributed by atoms with Gasteiger partial charge in [0, 0.05) is 22.5 Å². The fourth-order valence-electron chi connectivity index (χ4n) is 5.75. The van der Waals surface area contributed by atoms with Crippen LogP contribution in [0.25, 0.3) is 0 Å². The summed E-state index contributed by atoms with van der Waals surface area (Å²) in [5.41, 5.74) is 30.5. The van der Waals surface area contributed by atoms with Crippen molar-refractivity contribution in [1.29, 1.82) is 0 Å². The summed E-state index contributed by atoms with van der Waals surface area (Å²) >= 11 is 0. The molecular formula is C36H62N4O. The van der Waals surface area contributed by atoms with Gasteiger partial charge in [0.05, 0.1) is 11.4 Å². The summed E-state index contributed by atoms with van der Waals surface area (Å²) in [6, 6.07) is 7.50. The topological polar surface area (TPSA) is 113 Å². The average molecular weight is 567 g/mol. The third kappa shape index (κ3) is 13.3. The number of benzene rings is 2. The summed E-state index contributed by atoms with van der Waals surface area (Å²) in [5, 5.41) is 0. The van der Waals surface area contributed by atoms with Gasteiger partial charge in [0.25, 0.3) is 0 Å². The molecule has 41 heavy (non-hydrogen) atoms. The molecular weight excluding hydrogens is 504 g/mol. The van der Waals surface area contributed by atoms with Crippen LogP contribution in [-0.4, -0.2) is 0 Å². The molecule has 2 aromatic carbocycles. The Hall–Kier alpha value is -2.56. The Morgan fingerprint density at radius 2 is 0.707 bits per heavy atom. The second-order valence-electron chi connectivity index (χ2n) is 12.1. The van der Waals surface area contributed by atoms with E-state index >= 15 is 0 Å². The molecule has 0 bridgehead atoms. The molecule has 232 valence electrons. The van der Waals surface area contributed by atoms with Gasteiger partial charge in [-0.2, -0.15) is 0 Å². The molecule has 0 aliphatic heterocycles. The van der Waals surface area contributed by atoms with E-state index in [0.29, 0.717) is 22.9 Å². The Morgan fingerprint density at radius 3 is 1.02 bits per heavy atom. The molecule has 0 fully saturated rings. The van der Waals surface area contributed by atoms with Gasteiger partial charge in [-0.15, -0.1) is 0 Å². The summed E-state index contributed by atoms with van der Waals surface area (Å²) in [5.74, 6) is 1.23. The maximum Gasteiger partial charge on any atom is 0.150 e. The monoisotopic (exact) mass is 566 g/mol. The fourth-order valence-corrected chi connectivity index (χ4v) is 5.75. The van der Waals surface area contributed by atoms with Crippen LogP contribution in [0.5, 0.6) is 11.5 Å². The van der Waals surface area contributed by atoms with Crippen LogP contribution in [0.4, 0.5) is 22.7 Å². The van der Waals surface area contributed by atoms with Crippen LogP contribution >= 0.6 is 0 Å². The molecule has 8 N–H and O–H groups in total. The van der Waals surface area contributed by atoms with E-state index in [-0.39, 0.29) is 0 Å². The lowest BCUT2D eigenvalue weighted by Gasteiger charge is -2.18. The lowest BCUT2D eigenvalue weighted by molar-refractivity contribution is 0.486. The summed E-state index contributed by atoms with van der Waals surface area (Å²) in [6.07, 6.45) is 27.8. The molecule has 0 atom stereocenters. The highest BCUT2D eigenvalue weighted by Gasteiger charge is 2.15. The van der Waals surface area contributed by atoms with Crippen LogP contribution in [0, 0.1) is 0 Å². The van der Waals surface area contributed by atoms with Crippen LogP contribution in [0.15, 0.2) is 24.3 Å². The number of nitrogen functional groups attached to an aromatic ring is 4. The highest BCUT2D eigenvalue weighted by Crippen LogP contribution is 2.39. The first-order chi connectivity index (χ1) is 20.0. The van der Waals surface area contributed by atoms with Gasteiger partial charge in [-0.25, -0.2) is 0 Å². The highest BCUT2D eigenvalue weighted by atomic mass is 16.5. The number of rotatable bonds is 24. The first-order valence-corrected chi connectivity index (χ1v) is 17.0. The number of anilines is 4. The van der Waals surface area contributed by atoms with Gasteiger partial charge in [0.15, 0.2) is 11.5 Å². The lowest BCUT2D eigenvalue weighted by atomic mass is 10.0. The molecule has 0 saturated heterocycles. The zero-order valence-corrected chi connectivity index (χ0v) is 26.6. The molecule has 0 saturated carbocycles. The van der Waals surface area contributed by atoms with Crippen LogP contribution in [-0.2, 0) is 12.8 Å². The minimum absolute atomic E-state index is 0.614. The number of unbranched alkanes of at least 4 members (excludes halogenated alkanes) is 18. The summed E-state index contributed by atoms with van der Waals surface area (Å²) in [4.78, 5) is 0. The van der Waals surface area contributed by atoms with Crippen molar-refractivity contribution in [3.63, 3.8) is 0 Å². The van der Waals surface area contributed by atoms with E-state index in [1.807, 2.05) is 24.3 Å². The quantitative estimate of drug-likeness (QED) is 0.0745. The van der Waals surface area contributed by atoms with Gasteiger partial charge in [0.2, 0.25) is 0 Å². The maximum atomic E-state index is 6.57. The second kappa shape index (κ2) is 21.2. The van der Waals surface area contributed by atoms with Crippen LogP contribution in [0.3, 0.4) is 0 Å². The largest absolute Gasteiger partial charge is 0.453 e. The molecule has 2 aromatic rings. The zero-order valence-electron chi connectivity index (χ0n) is 26.6. The molecule has 5 nitrogen and oxygen atoms in total. The van der Waals surface area contributed by atoms with Crippen molar-refractivity contribution in [2.75, 3.05) is 22.9 Å². The first kappa shape index (κ1) is 34.6. The maximum absolute atomic E-state index is 6.57. The molecule has 0 unspecified atom stereocenters. The molecule has 0 aliphatic carbocycles. The minimum atomic E-state index is 0.614. The zero-order chi connectivity index (χ0) is 29.7. The van der Waals surface area contributed by atoms with Gasteiger partial charge >= 0.3 is 0 Å². The Balaban J connectivity index is 1.82. The minimum Gasteiger partial charge on any atom is -0.453 e. The van der Waals surface area contributed by atoms with Gasteiger partial charge < -0.3 is 27.7 Å². The normalized spacial score (nSPS) is 11.3. The Bertz CT molecular complexity index is 897. The summed E-state index contributed by atoms with van der Waals surface area (Å²) in [6.45, 7) is 4.54. The third-order valence-electron chi connectivity index (χ3n) is 8.49. The Labute approximate surface area is 252 Å². The van der Waals surface area contributed by atoms with Crippen molar-refractivity contribution in [2.45, 2.75) is 155 Å². The number of nitrogens with two attached hydrogens (primary N) is 4. The number of hydrogen-bond donors (Lipinski definition) is 4. The van der Waals surface area contributed by atoms with Crippen molar-refractivity contribution < 1.29 is 4.74 Å². The average Bonchev–Trinajstić information content (AvgIpc) is 2.96. The predicted octanol–water partition coefficient (Wildman–Crippen LogP) is 10.7. The molecule has 2 rings (SSSR count). The Morgan fingerprint density at radius 1 is 0.415 bits per heavy atom. The van der Waals surface area contributed by atoms with E-state index in [9.17, 15) is 0 Å². The smallest absolute Gasteiger partial charge is 0.150 e. The SMILES string of the molecule is CCCCCCCCCCCCc1c(N)ccc(Oc2ccc(N)c(CCCCCCCCCCCC)c2N)c1N. The summed E-state index contributed by atoms with van der Waals surface area (Å²) in [7, 11) is 0. The lowest BCUT2D eigenvalue weighted by Crippen LogP contribution is -2.05. The van der Waals surface area contributed by atoms with Crippen molar-refractivity contribution in [1.82, 2.24) is 0 Å². The molecule has 0 heterocycles. The summed E-state index contributed by atoms with van der Waals surface area (Å²) < 4.78 is 6.27. The molecule has 0 spiro atoms. The van der Waals surface area contributed by atoms with Crippen LogP contribution in [0.2, 0.25) is 0 Å². The highest BCUT2D eigenvalue weighted by molar-refractivity contribution is 5.72. The van der Waals surface area contributed by atoms with Crippen molar-refractivity contribution in [3.05, 3.63) is 35.4 Å². The van der Waals surface area contributed by atoms with Gasteiger partial charge in [-0.3, -0.25) is 0 Å². The fraction of sp³-hybridized carbons (Fsp3) is 0.667. The second-order valence-corrected chi connectivity index (χ2v) is 12.1. The molecule has 5 heteroatoms. The van der Waals surface area contributed by atoms with Gasteiger partial charge in [0.1, 0.15) is 0 Å². The molecule has 0 amide bonds.